The maximum Gasteiger partial charge on any atom is 0.352 e. The molecule has 8 rings (SSSR count). The molecule has 82 heavy (non-hydrogen) atoms. The lowest BCUT2D eigenvalue weighted by molar-refractivity contribution is -0.689. The topological polar surface area (TPSA) is 343 Å². The van der Waals surface area contributed by atoms with E-state index in [9.17, 15) is 48.6 Å². The molecule has 6 amide bonds. The summed E-state index contributed by atoms with van der Waals surface area (Å²) in [7, 11) is 2.53. The number of nitrogens with one attached hydrogen (secondary N) is 2. The second-order valence-corrected chi connectivity index (χ2v) is 24.5. The zero-order valence-electron chi connectivity index (χ0n) is 44.6. The van der Waals surface area contributed by atoms with Crippen molar-refractivity contribution in [3.8, 4) is 0 Å². The van der Waals surface area contributed by atoms with Gasteiger partial charge in [-0.15, -0.1) is 46.2 Å². The lowest BCUT2D eigenvalue weighted by Gasteiger charge is -2.49. The molecule has 4 aliphatic heterocycles. The van der Waals surface area contributed by atoms with Gasteiger partial charge in [0.1, 0.15) is 59.8 Å². The number of oxime groups is 2. The van der Waals surface area contributed by atoms with Gasteiger partial charge in [-0.05, 0) is 25.0 Å². The highest BCUT2D eigenvalue weighted by atomic mass is 32.2. The summed E-state index contributed by atoms with van der Waals surface area (Å²) in [6, 6.07) is 5.45. The number of rotatable bonds is 27. The Kier molecular flexibility index (Phi) is 20.5. The van der Waals surface area contributed by atoms with Crippen LogP contribution in [0.5, 0.6) is 0 Å². The molecule has 2 saturated heterocycles. The molecule has 2 fully saturated rings. The molecule has 4 atom stereocenters. The molecular weight excluding hydrogens is 1180 g/mol. The van der Waals surface area contributed by atoms with Crippen molar-refractivity contribution in [1.29, 1.82) is 0 Å². The fourth-order valence-corrected chi connectivity index (χ4v) is 14.8. The monoisotopic (exact) mass is 1240 g/mol. The standard InChI is InChI=1S/C50H56N14O12S6/c1-5-61(17-27-7-11-59(12-8-27)19-29-21-79-45-37(43(69)63(45)39(29)47(71)72)55-41(67)35(57-75-3)31-23-81-49(51)53-31)33(65)25-77-15-16-78-26-34(66)62(6-2)18-28-9-13-60(14-10-28)20-30-22-80-46-38(44(70)64(46)40(30)48(73)74)56-42(68)36(58-76-4)32-24-82-50(52)54-32/h7-14,23-24,37-38,45-46H,5-6,15-22,25-26H2,1-4H3,(H6-2,51,52,53,54,55,56,67,68,71,72,73,74)/p+2/b57-35-,58-36-. The van der Waals surface area contributed by atoms with Crippen LogP contribution in [0.25, 0.3) is 0 Å². The number of carbonyl (C=O) groups excluding carboxylic acids is 6. The Labute approximate surface area is 494 Å². The Morgan fingerprint density at radius 2 is 1.06 bits per heavy atom. The van der Waals surface area contributed by atoms with E-state index in [0.717, 1.165) is 33.8 Å². The quantitative estimate of drug-likeness (QED) is 0.0158. The van der Waals surface area contributed by atoms with E-state index in [1.807, 2.05) is 38.1 Å². The number of thioether (sulfide) groups is 4. The van der Waals surface area contributed by atoms with Gasteiger partial charge in [0.15, 0.2) is 59.6 Å². The lowest BCUT2D eigenvalue weighted by Crippen LogP contribution is -2.71. The van der Waals surface area contributed by atoms with E-state index < -0.39 is 58.4 Å². The van der Waals surface area contributed by atoms with Crippen LogP contribution < -0.4 is 31.2 Å². The Morgan fingerprint density at radius 1 is 0.683 bits per heavy atom. The van der Waals surface area contributed by atoms with Crippen LogP contribution in [0.2, 0.25) is 0 Å². The first kappa shape index (κ1) is 60.8. The van der Waals surface area contributed by atoms with Gasteiger partial charge >= 0.3 is 11.9 Å². The van der Waals surface area contributed by atoms with E-state index in [2.05, 4.69) is 30.9 Å². The number of fused-ring (bicyclic) bond motifs is 2. The normalized spacial score (nSPS) is 18.7. The first-order chi connectivity index (χ1) is 39.4. The molecule has 0 saturated carbocycles. The maximum atomic E-state index is 13.4. The van der Waals surface area contributed by atoms with Crippen molar-refractivity contribution < 1.29 is 67.4 Å². The molecule has 4 aliphatic rings. The second-order valence-electron chi connectivity index (χ2n) is 18.3. The van der Waals surface area contributed by atoms with Gasteiger partial charge in [-0.1, -0.05) is 10.3 Å². The number of anilines is 2. The third-order valence-corrected chi connectivity index (χ3v) is 19.3. The largest absolute Gasteiger partial charge is 0.477 e. The van der Waals surface area contributed by atoms with Crippen LogP contribution in [0.4, 0.5) is 10.3 Å². The Hall–Kier alpha value is -7.26. The molecular formula is C50H58N14O12S6+2. The van der Waals surface area contributed by atoms with Crippen LogP contribution in [-0.2, 0) is 74.2 Å². The number of pyridine rings is 2. The summed E-state index contributed by atoms with van der Waals surface area (Å²) in [6.45, 7) is 5.90. The lowest BCUT2D eigenvalue weighted by atomic mass is 10.0. The first-order valence-corrected chi connectivity index (χ1v) is 31.3. The fourth-order valence-electron chi connectivity index (χ4n) is 9.06. The van der Waals surface area contributed by atoms with E-state index in [-0.39, 0.29) is 80.9 Å². The van der Waals surface area contributed by atoms with E-state index in [4.69, 9.17) is 21.1 Å². The summed E-state index contributed by atoms with van der Waals surface area (Å²) >= 11 is 7.87. The molecule has 434 valence electrons. The molecule has 0 radical (unpaired) electrons. The van der Waals surface area contributed by atoms with E-state index in [1.54, 1.807) is 43.7 Å². The predicted molar refractivity (Wildman–Crippen MR) is 310 cm³/mol. The van der Waals surface area contributed by atoms with Gasteiger partial charge in [0.25, 0.3) is 23.6 Å². The number of hydrogen-bond donors (Lipinski definition) is 6. The van der Waals surface area contributed by atoms with Gasteiger partial charge in [-0.2, -0.15) is 23.5 Å². The van der Waals surface area contributed by atoms with Gasteiger partial charge < -0.3 is 51.8 Å². The van der Waals surface area contributed by atoms with Crippen molar-refractivity contribution in [2.24, 2.45) is 10.3 Å². The molecule has 4 aromatic heterocycles. The summed E-state index contributed by atoms with van der Waals surface area (Å²) in [6.07, 6.45) is 7.19. The average molecular weight is 1240 g/mol. The van der Waals surface area contributed by atoms with Crippen LogP contribution in [0.3, 0.4) is 0 Å². The smallest absolute Gasteiger partial charge is 0.352 e. The molecule has 8 N–H and O–H groups in total. The molecule has 4 aromatic rings. The molecule has 0 bridgehead atoms. The molecule has 32 heteroatoms. The number of carboxylic acid groups (broad SMARTS) is 2. The minimum Gasteiger partial charge on any atom is -0.477 e. The van der Waals surface area contributed by atoms with Gasteiger partial charge in [-0.3, -0.25) is 38.6 Å². The average Bonchev–Trinajstić information content (AvgIpc) is 1.75. The zero-order valence-corrected chi connectivity index (χ0v) is 49.5. The maximum absolute atomic E-state index is 13.4. The number of hydrogen-bond acceptors (Lipinski definition) is 22. The van der Waals surface area contributed by atoms with Crippen molar-refractivity contribution in [3.05, 3.63) is 105 Å². The minimum atomic E-state index is -1.26. The number of β-lactam (4-membered cyclic amide) rings is 2. The highest BCUT2D eigenvalue weighted by Gasteiger charge is 2.56. The van der Waals surface area contributed by atoms with Crippen molar-refractivity contribution in [3.63, 3.8) is 0 Å². The van der Waals surface area contributed by atoms with E-state index in [1.165, 1.54) is 81.8 Å². The highest BCUT2D eigenvalue weighted by molar-refractivity contribution is 8.03. The third kappa shape index (κ3) is 14.0. The number of carbonyl (C=O) groups is 8. The molecule has 0 aliphatic carbocycles. The summed E-state index contributed by atoms with van der Waals surface area (Å²) in [5.74, 6) is -2.73. The number of aliphatic carboxylic acids is 2. The molecule has 4 unspecified atom stereocenters. The highest BCUT2D eigenvalue weighted by Crippen LogP contribution is 2.42. The number of thiazole rings is 2. The summed E-state index contributed by atoms with van der Waals surface area (Å²) in [5, 5.41) is 35.5. The molecule has 26 nitrogen and oxygen atoms in total. The summed E-state index contributed by atoms with van der Waals surface area (Å²) < 4.78 is 3.61. The number of nitrogen functional groups attached to an aromatic ring is 2. The Bertz CT molecular complexity index is 3030. The fraction of sp³-hybridized carbons (Fsp3) is 0.400. The van der Waals surface area contributed by atoms with Crippen LogP contribution >= 0.6 is 69.7 Å². The predicted octanol–water partition coefficient (Wildman–Crippen LogP) is 0.781. The van der Waals surface area contributed by atoms with Crippen molar-refractivity contribution in [1.82, 2.24) is 40.2 Å². The Balaban J connectivity index is 0.745. The van der Waals surface area contributed by atoms with Gasteiger partial charge in [0.2, 0.25) is 11.8 Å². The number of aromatic nitrogens is 4. The number of amides is 6. The van der Waals surface area contributed by atoms with Crippen LogP contribution in [0.15, 0.2) is 92.7 Å². The van der Waals surface area contributed by atoms with Crippen molar-refractivity contribution in [2.45, 2.75) is 62.9 Å². The number of nitrogens with zero attached hydrogens (tertiary/aromatic N) is 10. The van der Waals surface area contributed by atoms with Crippen molar-refractivity contribution in [2.75, 3.05) is 73.3 Å². The van der Waals surface area contributed by atoms with E-state index >= 15 is 0 Å². The SMILES string of the molecule is CCN(Cc1cc[n+](CC2=C(C(=O)O)N3C(=O)C(NC(=O)/C(=N\OC)c4csc(N)n4)C3SC2)cc1)C(=O)CSCCSCC(=O)N(CC)Cc1cc[n+](CC2=C(C(=O)O)N3C(=O)C(NC(=O)/C(=N\OC)c4csc(N)n4)C3SC2)cc1. The molecule has 8 heterocycles. The first-order valence-electron chi connectivity index (χ1n) is 25.2. The number of carboxylic acids is 2. The summed E-state index contributed by atoms with van der Waals surface area (Å²) in [5.41, 5.74) is 14.0. The van der Waals surface area contributed by atoms with Gasteiger partial charge in [0, 0.05) is 95.4 Å². The van der Waals surface area contributed by atoms with Crippen LogP contribution in [0, 0.1) is 0 Å². The van der Waals surface area contributed by atoms with E-state index in [0.29, 0.717) is 60.3 Å². The summed E-state index contributed by atoms with van der Waals surface area (Å²) in [4.78, 5) is 128. The second kappa shape index (κ2) is 27.7. The zero-order chi connectivity index (χ0) is 58.8. The van der Waals surface area contributed by atoms with Gasteiger partial charge in [-0.25, -0.2) is 28.7 Å². The molecule has 0 aromatic carbocycles. The van der Waals surface area contributed by atoms with Gasteiger partial charge in [0.05, 0.1) is 11.5 Å². The van der Waals surface area contributed by atoms with Crippen molar-refractivity contribution >= 4 is 139 Å². The Morgan fingerprint density at radius 3 is 1.38 bits per heavy atom. The number of nitrogens with two attached hydrogens (primary N) is 2. The van der Waals surface area contributed by atoms with Crippen LogP contribution in [0.1, 0.15) is 36.4 Å². The van der Waals surface area contributed by atoms with Crippen LogP contribution in [-0.4, -0.2) is 183 Å². The third-order valence-electron chi connectivity index (χ3n) is 13.1. The molecule has 0 spiro atoms. The minimum absolute atomic E-state index is 0.0308.